The Morgan fingerprint density at radius 3 is 2.82 bits per heavy atom. The molecule has 0 amide bonds. The van der Waals surface area contributed by atoms with E-state index in [1.807, 2.05) is 0 Å². The molecule has 0 aliphatic heterocycles. The highest BCUT2D eigenvalue weighted by Gasteiger charge is 2.03. The van der Waals surface area contributed by atoms with E-state index in [4.69, 9.17) is 19.9 Å². The maximum absolute atomic E-state index is 10.5. The second kappa shape index (κ2) is 6.51. The zero-order chi connectivity index (χ0) is 12.7. The summed E-state index contributed by atoms with van der Waals surface area (Å²) in [7, 11) is 1.44. The van der Waals surface area contributed by atoms with Crippen LogP contribution in [0.5, 0.6) is 11.9 Å². The Labute approximate surface area is 98.9 Å². The fraction of sp³-hybridized carbons (Fsp3) is 0.500. The van der Waals surface area contributed by atoms with E-state index in [0.29, 0.717) is 25.5 Å². The standard InChI is InChI=1S/C10H15N3O4/c1-7(14)16-4-3-5-17-9-6-8(11)12-10(13-9)15-2/h6H,3-5H2,1-2H3,(H2,11,12,13). The zero-order valence-corrected chi connectivity index (χ0v) is 9.80. The monoisotopic (exact) mass is 241 g/mol. The van der Waals surface area contributed by atoms with Crippen molar-refractivity contribution in [2.45, 2.75) is 13.3 Å². The third kappa shape index (κ3) is 5.01. The van der Waals surface area contributed by atoms with E-state index in [9.17, 15) is 4.79 Å². The fourth-order valence-electron chi connectivity index (χ4n) is 1.04. The summed E-state index contributed by atoms with van der Waals surface area (Å²) in [5, 5.41) is 0. The molecule has 2 N–H and O–H groups in total. The van der Waals surface area contributed by atoms with E-state index in [-0.39, 0.29) is 17.8 Å². The lowest BCUT2D eigenvalue weighted by molar-refractivity contribution is -0.141. The predicted molar refractivity (Wildman–Crippen MR) is 59.7 cm³/mol. The lowest BCUT2D eigenvalue weighted by atomic mass is 10.5. The van der Waals surface area contributed by atoms with Crippen LogP contribution in [0.4, 0.5) is 5.82 Å². The van der Waals surface area contributed by atoms with Crippen LogP contribution in [0.15, 0.2) is 6.07 Å². The van der Waals surface area contributed by atoms with Gasteiger partial charge in [-0.2, -0.15) is 9.97 Å². The normalized spacial score (nSPS) is 9.76. The Bertz CT molecular complexity index is 384. The molecular weight excluding hydrogens is 226 g/mol. The van der Waals surface area contributed by atoms with Crippen molar-refractivity contribution >= 4 is 11.8 Å². The van der Waals surface area contributed by atoms with E-state index in [0.717, 1.165) is 0 Å². The molecule has 17 heavy (non-hydrogen) atoms. The van der Waals surface area contributed by atoms with Crippen LogP contribution in [0, 0.1) is 0 Å². The summed E-state index contributed by atoms with van der Waals surface area (Å²) in [6, 6.07) is 1.65. The number of aromatic nitrogens is 2. The number of hydrogen-bond acceptors (Lipinski definition) is 7. The second-order valence-corrected chi connectivity index (χ2v) is 3.16. The summed E-state index contributed by atoms with van der Waals surface area (Å²) >= 11 is 0. The summed E-state index contributed by atoms with van der Waals surface area (Å²) in [5.74, 6) is 0.293. The Balaban J connectivity index is 2.36. The average Bonchev–Trinajstić information content (AvgIpc) is 2.27. The van der Waals surface area contributed by atoms with Crippen LogP contribution in [0.25, 0.3) is 0 Å². The van der Waals surface area contributed by atoms with E-state index in [1.54, 1.807) is 0 Å². The van der Waals surface area contributed by atoms with Gasteiger partial charge in [-0.1, -0.05) is 0 Å². The maximum Gasteiger partial charge on any atom is 0.321 e. The van der Waals surface area contributed by atoms with Crippen LogP contribution < -0.4 is 15.2 Å². The van der Waals surface area contributed by atoms with Gasteiger partial charge >= 0.3 is 12.0 Å². The van der Waals surface area contributed by atoms with Gasteiger partial charge in [-0.05, 0) is 0 Å². The smallest absolute Gasteiger partial charge is 0.321 e. The highest BCUT2D eigenvalue weighted by molar-refractivity contribution is 5.65. The summed E-state index contributed by atoms with van der Waals surface area (Å²) in [6.07, 6.45) is 0.575. The average molecular weight is 241 g/mol. The first-order valence-electron chi connectivity index (χ1n) is 5.06. The molecule has 0 saturated heterocycles. The van der Waals surface area contributed by atoms with E-state index < -0.39 is 0 Å². The van der Waals surface area contributed by atoms with Crippen LogP contribution >= 0.6 is 0 Å². The van der Waals surface area contributed by atoms with Crippen molar-refractivity contribution in [3.05, 3.63) is 6.07 Å². The minimum atomic E-state index is -0.307. The van der Waals surface area contributed by atoms with Gasteiger partial charge in [0.15, 0.2) is 0 Å². The molecule has 0 aliphatic carbocycles. The molecule has 0 bridgehead atoms. The van der Waals surface area contributed by atoms with Gasteiger partial charge in [0.1, 0.15) is 5.82 Å². The largest absolute Gasteiger partial charge is 0.477 e. The Morgan fingerprint density at radius 2 is 2.18 bits per heavy atom. The van der Waals surface area contributed by atoms with Crippen LogP contribution in [-0.4, -0.2) is 36.3 Å². The molecule has 1 heterocycles. The second-order valence-electron chi connectivity index (χ2n) is 3.16. The quantitative estimate of drug-likeness (QED) is 0.568. The molecule has 94 valence electrons. The SMILES string of the molecule is COc1nc(N)cc(OCCCOC(C)=O)n1. The van der Waals surface area contributed by atoms with E-state index in [1.165, 1.54) is 20.1 Å². The van der Waals surface area contributed by atoms with Crippen molar-refractivity contribution in [3.8, 4) is 11.9 Å². The van der Waals surface area contributed by atoms with Crippen LogP contribution in [-0.2, 0) is 9.53 Å². The molecule has 0 aliphatic rings. The highest BCUT2D eigenvalue weighted by atomic mass is 16.5. The molecule has 0 aromatic carbocycles. The molecule has 1 aromatic heterocycles. The van der Waals surface area contributed by atoms with Crippen LogP contribution in [0.3, 0.4) is 0 Å². The first-order valence-corrected chi connectivity index (χ1v) is 5.06. The Kier molecular flexibility index (Phi) is 4.99. The lowest BCUT2D eigenvalue weighted by Crippen LogP contribution is -2.07. The number of carbonyl (C=O) groups is 1. The lowest BCUT2D eigenvalue weighted by Gasteiger charge is -2.07. The molecular formula is C10H15N3O4. The summed E-state index contributed by atoms with van der Waals surface area (Å²) < 4.78 is 14.9. The molecule has 0 saturated carbocycles. The number of nitrogens with two attached hydrogens (primary N) is 1. The Hall–Kier alpha value is -2.05. The molecule has 1 rings (SSSR count). The van der Waals surface area contributed by atoms with Gasteiger partial charge in [0.05, 0.1) is 20.3 Å². The molecule has 0 fully saturated rings. The van der Waals surface area contributed by atoms with Crippen molar-refractivity contribution in [1.82, 2.24) is 9.97 Å². The van der Waals surface area contributed by atoms with Crippen molar-refractivity contribution in [2.75, 3.05) is 26.1 Å². The number of nitrogens with zero attached hydrogens (tertiary/aromatic N) is 2. The first kappa shape index (κ1) is 13.0. The van der Waals surface area contributed by atoms with Crippen molar-refractivity contribution in [1.29, 1.82) is 0 Å². The Morgan fingerprint density at radius 1 is 1.41 bits per heavy atom. The maximum atomic E-state index is 10.5. The molecule has 0 unspecified atom stereocenters. The van der Waals surface area contributed by atoms with Crippen molar-refractivity contribution in [3.63, 3.8) is 0 Å². The van der Waals surface area contributed by atoms with E-state index in [2.05, 4.69) is 9.97 Å². The number of methoxy groups -OCH3 is 1. The molecule has 7 nitrogen and oxygen atoms in total. The van der Waals surface area contributed by atoms with Crippen molar-refractivity contribution in [2.24, 2.45) is 0 Å². The summed E-state index contributed by atoms with van der Waals surface area (Å²) in [4.78, 5) is 18.2. The highest BCUT2D eigenvalue weighted by Crippen LogP contribution is 2.14. The van der Waals surface area contributed by atoms with E-state index >= 15 is 0 Å². The third-order valence-electron chi connectivity index (χ3n) is 1.73. The topological polar surface area (TPSA) is 96.6 Å². The molecule has 7 heteroatoms. The van der Waals surface area contributed by atoms with Gasteiger partial charge in [-0.25, -0.2) is 0 Å². The number of nitrogen functional groups attached to an aromatic ring is 1. The molecule has 0 radical (unpaired) electrons. The fourth-order valence-corrected chi connectivity index (χ4v) is 1.04. The molecule has 1 aromatic rings. The molecule has 0 spiro atoms. The van der Waals surface area contributed by atoms with Crippen LogP contribution in [0.1, 0.15) is 13.3 Å². The van der Waals surface area contributed by atoms with Gasteiger partial charge in [0.2, 0.25) is 5.88 Å². The molecule has 0 atom stereocenters. The van der Waals surface area contributed by atoms with Crippen molar-refractivity contribution < 1.29 is 19.0 Å². The minimum Gasteiger partial charge on any atom is -0.477 e. The van der Waals surface area contributed by atoms with Gasteiger partial charge in [-0.3, -0.25) is 4.79 Å². The predicted octanol–water partition coefficient (Wildman–Crippen LogP) is 0.399. The van der Waals surface area contributed by atoms with Gasteiger partial charge in [0.25, 0.3) is 0 Å². The van der Waals surface area contributed by atoms with Gasteiger partial charge in [0, 0.05) is 19.4 Å². The number of hydrogen-bond donors (Lipinski definition) is 1. The van der Waals surface area contributed by atoms with Gasteiger partial charge < -0.3 is 19.9 Å². The van der Waals surface area contributed by atoms with Crippen LogP contribution in [0.2, 0.25) is 0 Å². The number of ether oxygens (including phenoxy) is 3. The first-order chi connectivity index (χ1) is 8.11. The number of rotatable bonds is 6. The number of anilines is 1. The minimum absolute atomic E-state index is 0.153. The summed E-state index contributed by atoms with van der Waals surface area (Å²) in [5.41, 5.74) is 5.52. The zero-order valence-electron chi connectivity index (χ0n) is 9.80. The number of carbonyl (C=O) groups excluding carboxylic acids is 1. The number of esters is 1. The van der Waals surface area contributed by atoms with Gasteiger partial charge in [-0.15, -0.1) is 0 Å². The summed E-state index contributed by atoms with van der Waals surface area (Å²) in [6.45, 7) is 2.04. The third-order valence-corrected chi connectivity index (χ3v) is 1.73.